The molecule has 1 unspecified atom stereocenters. The van der Waals surface area contributed by atoms with Gasteiger partial charge in [-0.15, -0.1) is 0 Å². The number of ether oxygens (including phenoxy) is 2. The van der Waals surface area contributed by atoms with Crippen LogP contribution >= 0.6 is 0 Å². The number of fused-ring (bicyclic) bond motifs is 5. The van der Waals surface area contributed by atoms with Gasteiger partial charge in [-0.3, -0.25) is 14.5 Å². The normalized spacial score (nSPS) is 13.8. The maximum Gasteiger partial charge on any atom is 0.408 e. The van der Waals surface area contributed by atoms with E-state index in [0.29, 0.717) is 46.9 Å². The summed E-state index contributed by atoms with van der Waals surface area (Å²) in [7, 11) is 1.84. The SMILES string of the molecule is Cc1c(CN(C)CCOC(=O)C(NC(=O)OC(C)(C)C)C(C)C)oc2c1C(=O)C(=O)c1c-2ccc2c(C)cccc12. The minimum absolute atomic E-state index is 0.0829. The van der Waals surface area contributed by atoms with Crippen LogP contribution in [0.1, 0.15) is 72.2 Å². The fourth-order valence-electron chi connectivity index (χ4n) is 5.00. The number of rotatable bonds is 8. The molecule has 0 radical (unpaired) electrons. The Hall–Kier alpha value is -3.98. The summed E-state index contributed by atoms with van der Waals surface area (Å²) in [6.45, 7) is 13.4. The van der Waals surface area contributed by atoms with E-state index >= 15 is 0 Å². The zero-order valence-corrected chi connectivity index (χ0v) is 25.0. The second kappa shape index (κ2) is 11.5. The number of esters is 1. The highest BCUT2D eigenvalue weighted by molar-refractivity contribution is 6.54. The van der Waals surface area contributed by atoms with Gasteiger partial charge in [0.25, 0.3) is 0 Å². The zero-order chi connectivity index (χ0) is 30.2. The first-order valence-electron chi connectivity index (χ1n) is 13.8. The largest absolute Gasteiger partial charge is 0.463 e. The van der Waals surface area contributed by atoms with Crippen LogP contribution in [0.2, 0.25) is 0 Å². The molecule has 1 aliphatic rings. The second-order valence-electron chi connectivity index (χ2n) is 11.9. The van der Waals surface area contributed by atoms with Crippen molar-refractivity contribution >= 4 is 34.4 Å². The number of alkyl carbamates (subject to hydrolysis) is 1. The third-order valence-corrected chi connectivity index (χ3v) is 7.15. The van der Waals surface area contributed by atoms with Crippen molar-refractivity contribution in [3.8, 4) is 11.3 Å². The highest BCUT2D eigenvalue weighted by atomic mass is 16.6. The quantitative estimate of drug-likeness (QED) is 0.278. The lowest BCUT2D eigenvalue weighted by Crippen LogP contribution is -2.47. The predicted octanol–water partition coefficient (Wildman–Crippen LogP) is 5.62. The van der Waals surface area contributed by atoms with Crippen LogP contribution in [-0.4, -0.2) is 60.4 Å². The number of nitrogens with zero attached hydrogens (tertiary/aromatic N) is 1. The van der Waals surface area contributed by atoms with Crippen molar-refractivity contribution in [2.45, 2.75) is 66.7 Å². The van der Waals surface area contributed by atoms with Crippen molar-refractivity contribution in [2.24, 2.45) is 5.92 Å². The molecule has 1 amide bonds. The number of carbonyl (C=O) groups excluding carboxylic acids is 4. The fraction of sp³-hybridized carbons (Fsp3) is 0.438. The molecule has 1 aromatic heterocycles. The number of amides is 1. The molecule has 9 heteroatoms. The van der Waals surface area contributed by atoms with Gasteiger partial charge in [0.15, 0.2) is 0 Å². The Morgan fingerprint density at radius 2 is 1.68 bits per heavy atom. The first-order valence-corrected chi connectivity index (χ1v) is 13.8. The average molecular weight is 563 g/mol. The molecule has 0 saturated heterocycles. The van der Waals surface area contributed by atoms with E-state index in [9.17, 15) is 19.2 Å². The van der Waals surface area contributed by atoms with Crippen molar-refractivity contribution < 1.29 is 33.1 Å². The van der Waals surface area contributed by atoms with Gasteiger partial charge < -0.3 is 19.2 Å². The second-order valence-corrected chi connectivity index (χ2v) is 11.9. The van der Waals surface area contributed by atoms with Gasteiger partial charge in [-0.1, -0.05) is 38.1 Å². The number of likely N-dealkylation sites (N-methyl/N-ethyl adjacent to an activating group) is 1. The van der Waals surface area contributed by atoms with E-state index in [4.69, 9.17) is 13.9 Å². The van der Waals surface area contributed by atoms with Crippen LogP contribution < -0.4 is 5.32 Å². The van der Waals surface area contributed by atoms with Crippen LogP contribution in [0.4, 0.5) is 4.79 Å². The molecule has 3 aromatic rings. The Kier molecular flexibility index (Phi) is 8.40. The summed E-state index contributed by atoms with van der Waals surface area (Å²) in [5, 5.41) is 4.26. The zero-order valence-electron chi connectivity index (χ0n) is 25.0. The van der Waals surface area contributed by atoms with E-state index in [-0.39, 0.29) is 12.5 Å². The van der Waals surface area contributed by atoms with E-state index in [1.807, 2.05) is 63.1 Å². The summed E-state index contributed by atoms with van der Waals surface area (Å²) in [6.07, 6.45) is -0.680. The summed E-state index contributed by atoms with van der Waals surface area (Å²) >= 11 is 0. The molecule has 0 saturated carbocycles. The summed E-state index contributed by atoms with van der Waals surface area (Å²) in [5.41, 5.74) is 2.26. The van der Waals surface area contributed by atoms with Crippen LogP contribution in [0, 0.1) is 19.8 Å². The first kappa shape index (κ1) is 30.0. The average Bonchev–Trinajstić information content (AvgIpc) is 3.20. The Bertz CT molecular complexity index is 1530. The molecule has 41 heavy (non-hydrogen) atoms. The number of hydrogen-bond acceptors (Lipinski definition) is 8. The van der Waals surface area contributed by atoms with Gasteiger partial charge in [-0.2, -0.15) is 0 Å². The monoisotopic (exact) mass is 562 g/mol. The van der Waals surface area contributed by atoms with Crippen LogP contribution in [0.15, 0.2) is 34.7 Å². The topological polar surface area (TPSA) is 115 Å². The number of carbonyl (C=O) groups is 4. The molecule has 9 nitrogen and oxygen atoms in total. The van der Waals surface area contributed by atoms with Gasteiger partial charge in [0.05, 0.1) is 12.1 Å². The first-order chi connectivity index (χ1) is 19.2. The third kappa shape index (κ3) is 6.20. The molecule has 0 fully saturated rings. The standard InChI is InChI=1S/C32H38N2O7/c1-17(2)26(33-31(38)41-32(5,6)7)30(37)39-15-14-34(8)16-23-19(4)24-27(35)28(36)25-21-11-9-10-18(3)20(21)12-13-22(25)29(24)40-23/h9-13,17,26H,14-16H2,1-8H3,(H,33,38). The van der Waals surface area contributed by atoms with Gasteiger partial charge in [0, 0.05) is 23.2 Å². The minimum Gasteiger partial charge on any atom is -0.463 e. The number of Topliss-reactive ketones (excluding diaryl/α,β-unsaturated/α-hetero) is 2. The smallest absolute Gasteiger partial charge is 0.408 e. The molecular formula is C32H38N2O7. The van der Waals surface area contributed by atoms with E-state index in [0.717, 1.165) is 16.3 Å². The lowest BCUT2D eigenvalue weighted by atomic mass is 9.83. The summed E-state index contributed by atoms with van der Waals surface area (Å²) < 4.78 is 17.0. The van der Waals surface area contributed by atoms with Gasteiger partial charge >= 0.3 is 12.1 Å². The number of aryl methyl sites for hydroxylation is 1. The minimum atomic E-state index is -0.849. The van der Waals surface area contributed by atoms with Crippen molar-refractivity contribution in [3.05, 3.63) is 58.3 Å². The van der Waals surface area contributed by atoms with E-state index in [1.54, 1.807) is 27.7 Å². The molecule has 0 bridgehead atoms. The number of hydrogen-bond donors (Lipinski definition) is 1. The molecule has 1 atom stereocenters. The summed E-state index contributed by atoms with van der Waals surface area (Å²) in [5.74, 6) is -0.870. The Balaban J connectivity index is 1.45. The molecule has 1 N–H and O–H groups in total. The molecule has 1 aliphatic carbocycles. The molecule has 1 heterocycles. The predicted molar refractivity (Wildman–Crippen MR) is 155 cm³/mol. The lowest BCUT2D eigenvalue weighted by Gasteiger charge is -2.25. The molecular weight excluding hydrogens is 524 g/mol. The van der Waals surface area contributed by atoms with E-state index < -0.39 is 35.3 Å². The Morgan fingerprint density at radius 1 is 1.00 bits per heavy atom. The highest BCUT2D eigenvalue weighted by Crippen LogP contribution is 2.41. The van der Waals surface area contributed by atoms with Crippen molar-refractivity contribution in [3.63, 3.8) is 0 Å². The van der Waals surface area contributed by atoms with Crippen molar-refractivity contribution in [1.29, 1.82) is 0 Å². The molecule has 0 aliphatic heterocycles. The van der Waals surface area contributed by atoms with E-state index in [2.05, 4.69) is 5.32 Å². The fourth-order valence-corrected chi connectivity index (χ4v) is 5.00. The van der Waals surface area contributed by atoms with E-state index in [1.165, 1.54) is 0 Å². The third-order valence-electron chi connectivity index (χ3n) is 7.15. The van der Waals surface area contributed by atoms with Crippen molar-refractivity contribution in [2.75, 3.05) is 20.2 Å². The molecule has 218 valence electrons. The highest BCUT2D eigenvalue weighted by Gasteiger charge is 2.37. The number of benzene rings is 2. The lowest BCUT2D eigenvalue weighted by molar-refractivity contribution is -0.147. The van der Waals surface area contributed by atoms with Gasteiger partial charge in [0.2, 0.25) is 11.6 Å². The van der Waals surface area contributed by atoms with Crippen molar-refractivity contribution in [1.82, 2.24) is 10.2 Å². The maximum absolute atomic E-state index is 13.2. The van der Waals surface area contributed by atoms with Crippen LogP contribution in [0.5, 0.6) is 0 Å². The van der Waals surface area contributed by atoms with Gasteiger partial charge in [-0.25, -0.2) is 9.59 Å². The Morgan fingerprint density at radius 3 is 2.34 bits per heavy atom. The summed E-state index contributed by atoms with van der Waals surface area (Å²) in [6, 6.07) is 8.66. The number of ketones is 2. The van der Waals surface area contributed by atoms with Gasteiger partial charge in [-0.05, 0) is 70.0 Å². The van der Waals surface area contributed by atoms with Crippen LogP contribution in [-0.2, 0) is 20.8 Å². The van der Waals surface area contributed by atoms with Crippen LogP contribution in [0.25, 0.3) is 22.1 Å². The molecule has 2 aromatic carbocycles. The van der Waals surface area contributed by atoms with Gasteiger partial charge in [0.1, 0.15) is 29.8 Å². The van der Waals surface area contributed by atoms with Crippen LogP contribution in [0.3, 0.4) is 0 Å². The Labute approximate surface area is 240 Å². The number of nitrogens with one attached hydrogen (secondary N) is 1. The molecule has 4 rings (SSSR count). The number of furan rings is 1. The maximum atomic E-state index is 13.2. The summed E-state index contributed by atoms with van der Waals surface area (Å²) in [4.78, 5) is 53.3. The molecule has 0 spiro atoms.